The van der Waals surface area contributed by atoms with Gasteiger partial charge in [0.05, 0.1) is 9.52 Å². The normalized spacial score (nSPS) is 15.0. The van der Waals surface area contributed by atoms with Gasteiger partial charge in [0.1, 0.15) is 0 Å². The number of hydrogen-bond donors (Lipinski definition) is 0. The molecule has 0 N–H and O–H groups in total. The minimum atomic E-state index is -0.284. The molecule has 0 unspecified atom stereocenters. The van der Waals surface area contributed by atoms with E-state index >= 15 is 0 Å². The standard InChI is InChI=1S/C19H28Si/c1-5-6-7-8-17-9-10-18(13-17)20-19-15(3)11-14(2)12-16(19)4/h10-13H,5-9,20H2,1-4H3. The molecule has 0 spiro atoms. The van der Waals surface area contributed by atoms with Gasteiger partial charge in [0.2, 0.25) is 0 Å². The van der Waals surface area contributed by atoms with Crippen LogP contribution < -0.4 is 5.19 Å². The monoisotopic (exact) mass is 284 g/mol. The van der Waals surface area contributed by atoms with Gasteiger partial charge in [0, 0.05) is 0 Å². The fourth-order valence-corrected chi connectivity index (χ4v) is 5.08. The number of hydrogen-bond acceptors (Lipinski definition) is 0. The molecule has 0 saturated carbocycles. The van der Waals surface area contributed by atoms with Crippen molar-refractivity contribution in [1.29, 1.82) is 0 Å². The van der Waals surface area contributed by atoms with Crippen molar-refractivity contribution in [3.05, 3.63) is 51.7 Å². The molecule has 0 heterocycles. The van der Waals surface area contributed by atoms with Crippen LogP contribution in [0.4, 0.5) is 0 Å². The summed E-state index contributed by atoms with van der Waals surface area (Å²) in [4.78, 5) is 0. The van der Waals surface area contributed by atoms with Gasteiger partial charge in [0.25, 0.3) is 0 Å². The van der Waals surface area contributed by atoms with E-state index in [1.165, 1.54) is 48.8 Å². The Bertz CT molecular complexity index is 512. The maximum Gasteiger partial charge on any atom is 0.0878 e. The number of allylic oxidation sites excluding steroid dienone is 4. The summed E-state index contributed by atoms with van der Waals surface area (Å²) in [6, 6.07) is 4.69. The molecule has 1 aliphatic carbocycles. The van der Waals surface area contributed by atoms with Crippen molar-refractivity contribution >= 4 is 14.7 Å². The zero-order valence-electron chi connectivity index (χ0n) is 13.6. The van der Waals surface area contributed by atoms with Gasteiger partial charge in [-0.25, -0.2) is 0 Å². The average molecular weight is 285 g/mol. The van der Waals surface area contributed by atoms with E-state index in [4.69, 9.17) is 0 Å². The molecular formula is C19H28Si. The Morgan fingerprint density at radius 1 is 1.05 bits per heavy atom. The second kappa shape index (κ2) is 7.08. The molecule has 1 heteroatoms. The summed E-state index contributed by atoms with van der Waals surface area (Å²) in [5.74, 6) is 0. The van der Waals surface area contributed by atoms with Crippen LogP contribution in [0.1, 0.15) is 55.7 Å². The van der Waals surface area contributed by atoms with Crippen molar-refractivity contribution in [2.24, 2.45) is 0 Å². The molecule has 1 aromatic carbocycles. The summed E-state index contributed by atoms with van der Waals surface area (Å²) in [6.45, 7) is 9.04. The van der Waals surface area contributed by atoms with E-state index in [9.17, 15) is 0 Å². The van der Waals surface area contributed by atoms with Crippen molar-refractivity contribution in [2.75, 3.05) is 0 Å². The van der Waals surface area contributed by atoms with E-state index in [2.05, 4.69) is 52.0 Å². The second-order valence-electron chi connectivity index (χ2n) is 6.30. The highest BCUT2D eigenvalue weighted by Crippen LogP contribution is 2.22. The summed E-state index contributed by atoms with van der Waals surface area (Å²) in [7, 11) is -0.284. The molecule has 0 atom stereocenters. The number of rotatable bonds is 6. The van der Waals surface area contributed by atoms with Crippen molar-refractivity contribution < 1.29 is 0 Å². The fraction of sp³-hybridized carbons (Fsp3) is 0.474. The minimum Gasteiger partial charge on any atom is -0.0815 e. The van der Waals surface area contributed by atoms with Crippen LogP contribution >= 0.6 is 0 Å². The Morgan fingerprint density at radius 3 is 2.40 bits per heavy atom. The molecular weight excluding hydrogens is 256 g/mol. The first-order chi connectivity index (χ1) is 9.60. The first kappa shape index (κ1) is 15.3. The summed E-state index contributed by atoms with van der Waals surface area (Å²) in [5.41, 5.74) is 6.07. The van der Waals surface area contributed by atoms with E-state index in [1.54, 1.807) is 16.0 Å². The Balaban J connectivity index is 2.01. The van der Waals surface area contributed by atoms with Crippen LogP contribution in [-0.2, 0) is 0 Å². The number of unbranched alkanes of at least 4 members (excludes halogenated alkanes) is 2. The summed E-state index contributed by atoms with van der Waals surface area (Å²) in [6.07, 6.45) is 11.6. The topological polar surface area (TPSA) is 0 Å². The maximum atomic E-state index is 2.51. The maximum absolute atomic E-state index is 2.51. The molecule has 108 valence electrons. The highest BCUT2D eigenvalue weighted by Gasteiger charge is 2.11. The minimum absolute atomic E-state index is 0.284. The molecule has 2 rings (SSSR count). The first-order valence-corrected chi connectivity index (χ1v) is 9.46. The number of benzene rings is 1. The third kappa shape index (κ3) is 3.96. The van der Waals surface area contributed by atoms with Crippen molar-refractivity contribution in [2.45, 2.75) is 59.8 Å². The highest BCUT2D eigenvalue weighted by molar-refractivity contribution is 6.63. The molecule has 0 bridgehead atoms. The molecule has 0 saturated heterocycles. The summed E-state index contributed by atoms with van der Waals surface area (Å²) >= 11 is 0. The predicted molar refractivity (Wildman–Crippen MR) is 93.8 cm³/mol. The third-order valence-electron chi connectivity index (χ3n) is 4.34. The van der Waals surface area contributed by atoms with Gasteiger partial charge in [-0.2, -0.15) is 0 Å². The Labute approximate surface area is 126 Å². The molecule has 0 aromatic heterocycles. The lowest BCUT2D eigenvalue weighted by Crippen LogP contribution is -2.22. The van der Waals surface area contributed by atoms with Gasteiger partial charge in [-0.1, -0.05) is 76.7 Å². The van der Waals surface area contributed by atoms with Crippen LogP contribution in [0.2, 0.25) is 0 Å². The van der Waals surface area contributed by atoms with E-state index < -0.39 is 0 Å². The van der Waals surface area contributed by atoms with Crippen LogP contribution in [0.15, 0.2) is 35.1 Å². The molecule has 20 heavy (non-hydrogen) atoms. The van der Waals surface area contributed by atoms with Crippen molar-refractivity contribution in [3.8, 4) is 0 Å². The van der Waals surface area contributed by atoms with Crippen LogP contribution in [0.5, 0.6) is 0 Å². The van der Waals surface area contributed by atoms with Crippen molar-refractivity contribution in [1.82, 2.24) is 0 Å². The average Bonchev–Trinajstić information content (AvgIpc) is 2.82. The zero-order valence-corrected chi connectivity index (χ0v) is 15.0. The highest BCUT2D eigenvalue weighted by atomic mass is 28.2. The molecule has 0 radical (unpaired) electrons. The molecule has 0 nitrogen and oxygen atoms in total. The predicted octanol–water partition coefficient (Wildman–Crippen LogP) is 4.20. The molecule has 1 aliphatic rings. The number of aryl methyl sites for hydroxylation is 3. The first-order valence-electron chi connectivity index (χ1n) is 8.05. The summed E-state index contributed by atoms with van der Waals surface area (Å²) in [5, 5.41) is 3.32. The van der Waals surface area contributed by atoms with Crippen LogP contribution in [-0.4, -0.2) is 9.52 Å². The lowest BCUT2D eigenvalue weighted by atomic mass is 10.1. The lowest BCUT2D eigenvalue weighted by molar-refractivity contribution is 0.709. The third-order valence-corrected chi connectivity index (χ3v) is 6.71. The Kier molecular flexibility index (Phi) is 5.42. The van der Waals surface area contributed by atoms with Crippen LogP contribution in [0.3, 0.4) is 0 Å². The van der Waals surface area contributed by atoms with Gasteiger partial charge in [-0.15, -0.1) is 0 Å². The van der Waals surface area contributed by atoms with E-state index in [0.717, 1.165) is 0 Å². The van der Waals surface area contributed by atoms with Crippen molar-refractivity contribution in [3.63, 3.8) is 0 Å². The molecule has 0 aliphatic heterocycles. The van der Waals surface area contributed by atoms with Gasteiger partial charge >= 0.3 is 0 Å². The van der Waals surface area contributed by atoms with Gasteiger partial charge < -0.3 is 0 Å². The van der Waals surface area contributed by atoms with E-state index in [0.29, 0.717) is 0 Å². The largest absolute Gasteiger partial charge is 0.0878 e. The second-order valence-corrected chi connectivity index (χ2v) is 8.17. The van der Waals surface area contributed by atoms with Gasteiger partial charge in [0.15, 0.2) is 0 Å². The lowest BCUT2D eigenvalue weighted by Gasteiger charge is -2.11. The Morgan fingerprint density at radius 2 is 1.75 bits per heavy atom. The fourth-order valence-electron chi connectivity index (χ4n) is 3.23. The molecule has 0 amide bonds. The Hall–Kier alpha value is -1.08. The smallest absolute Gasteiger partial charge is 0.0815 e. The zero-order chi connectivity index (χ0) is 14.5. The SMILES string of the molecule is CCCCCC1=CC([SiH2]c2c(C)cc(C)cc2C)=CC1. The van der Waals surface area contributed by atoms with E-state index in [1.807, 2.05) is 0 Å². The van der Waals surface area contributed by atoms with Gasteiger partial charge in [-0.05, 0) is 40.0 Å². The molecule has 0 fully saturated rings. The molecule has 1 aromatic rings. The summed E-state index contributed by atoms with van der Waals surface area (Å²) < 4.78 is 0. The quantitative estimate of drug-likeness (QED) is 0.542. The van der Waals surface area contributed by atoms with Gasteiger partial charge in [-0.3, -0.25) is 0 Å². The van der Waals surface area contributed by atoms with E-state index in [-0.39, 0.29) is 9.52 Å². The van der Waals surface area contributed by atoms with Crippen LogP contribution in [0.25, 0.3) is 0 Å². The van der Waals surface area contributed by atoms with Crippen LogP contribution in [0, 0.1) is 20.8 Å².